The molecule has 0 amide bonds. The molecule has 0 aliphatic carbocycles. The van der Waals surface area contributed by atoms with Gasteiger partial charge in [-0.05, 0) is 107 Å². The maximum atomic E-state index is 13.1. The first-order chi connectivity index (χ1) is 19.3. The van der Waals surface area contributed by atoms with Crippen LogP contribution in [-0.4, -0.2) is 23.1 Å². The summed E-state index contributed by atoms with van der Waals surface area (Å²) in [5.41, 5.74) is -1.80. The topological polar surface area (TPSA) is 52.6 Å². The molecule has 2 atom stereocenters. The van der Waals surface area contributed by atoms with Gasteiger partial charge in [-0.15, -0.1) is 0 Å². The minimum atomic E-state index is -0.500. The maximum Gasteiger partial charge on any atom is 0.312 e. The van der Waals surface area contributed by atoms with E-state index in [1.54, 1.807) is 0 Å². The number of rotatable bonds is 11. The molecule has 270 valence electrons. The number of ether oxygens (including phenoxy) is 2. The van der Waals surface area contributed by atoms with E-state index in [1.807, 2.05) is 27.7 Å². The van der Waals surface area contributed by atoms with Gasteiger partial charge in [0.15, 0.2) is 0 Å². The second-order valence-corrected chi connectivity index (χ2v) is 22.0. The van der Waals surface area contributed by atoms with E-state index in [9.17, 15) is 9.59 Å². The van der Waals surface area contributed by atoms with Gasteiger partial charge < -0.3 is 9.47 Å². The second kappa shape index (κ2) is 15.4. The zero-order valence-corrected chi connectivity index (χ0v) is 35.0. The van der Waals surface area contributed by atoms with Crippen molar-refractivity contribution in [2.24, 2.45) is 43.8 Å². The SMILES string of the molecule is CC(C)(C)CC(C)(C)OC(=O)C(C)(CC(C)(C)C)C(C)(C)C.CC(C)CCCC(C)(C)OC(=O)C(C)(CC(C)(C)C)C(C)(C)C. The van der Waals surface area contributed by atoms with E-state index in [0.29, 0.717) is 5.92 Å². The lowest BCUT2D eigenvalue weighted by Gasteiger charge is -2.45. The fourth-order valence-corrected chi connectivity index (χ4v) is 6.44. The van der Waals surface area contributed by atoms with E-state index < -0.39 is 22.0 Å². The van der Waals surface area contributed by atoms with Crippen molar-refractivity contribution in [2.45, 2.75) is 209 Å². The van der Waals surface area contributed by atoms with Crippen LogP contribution in [0.2, 0.25) is 0 Å². The first kappa shape index (κ1) is 46.1. The molecule has 0 N–H and O–H groups in total. The predicted molar refractivity (Wildman–Crippen MR) is 196 cm³/mol. The van der Waals surface area contributed by atoms with Crippen LogP contribution < -0.4 is 0 Å². The van der Waals surface area contributed by atoms with E-state index in [-0.39, 0.29) is 39.0 Å². The van der Waals surface area contributed by atoms with Crippen molar-refractivity contribution in [1.29, 1.82) is 0 Å². The van der Waals surface area contributed by atoms with Gasteiger partial charge in [-0.2, -0.15) is 0 Å². The summed E-state index contributed by atoms with van der Waals surface area (Å²) in [6, 6.07) is 0. The summed E-state index contributed by atoms with van der Waals surface area (Å²) in [5.74, 6) is 0.584. The molecule has 2 unspecified atom stereocenters. The number of carbonyl (C=O) groups excluding carboxylic acids is 2. The highest BCUT2D eigenvalue weighted by atomic mass is 16.6. The van der Waals surface area contributed by atoms with Crippen LogP contribution in [0.1, 0.15) is 198 Å². The van der Waals surface area contributed by atoms with E-state index >= 15 is 0 Å². The molecule has 4 nitrogen and oxygen atoms in total. The Balaban J connectivity index is 0. The van der Waals surface area contributed by atoms with Crippen LogP contribution in [0.25, 0.3) is 0 Å². The largest absolute Gasteiger partial charge is 0.459 e. The fraction of sp³-hybridized carbons (Fsp3) is 0.951. The highest BCUT2D eigenvalue weighted by molar-refractivity contribution is 5.78. The van der Waals surface area contributed by atoms with Gasteiger partial charge in [0.2, 0.25) is 0 Å². The lowest BCUT2D eigenvalue weighted by molar-refractivity contribution is -0.180. The lowest BCUT2D eigenvalue weighted by Crippen LogP contribution is -2.47. The lowest BCUT2D eigenvalue weighted by atomic mass is 9.61. The second-order valence-electron chi connectivity index (χ2n) is 22.0. The first-order valence-corrected chi connectivity index (χ1v) is 17.8. The van der Waals surface area contributed by atoms with E-state index in [0.717, 1.165) is 32.1 Å². The number of hydrogen-bond donors (Lipinski definition) is 0. The van der Waals surface area contributed by atoms with Crippen molar-refractivity contribution < 1.29 is 19.1 Å². The summed E-state index contributed by atoms with van der Waals surface area (Å²) in [6.07, 6.45) is 5.69. The van der Waals surface area contributed by atoms with Gasteiger partial charge in [0.25, 0.3) is 0 Å². The Bertz CT molecular complexity index is 919. The Morgan fingerprint density at radius 2 is 0.756 bits per heavy atom. The Morgan fingerprint density at radius 3 is 1.00 bits per heavy atom. The van der Waals surface area contributed by atoms with Crippen molar-refractivity contribution in [3.05, 3.63) is 0 Å². The molecule has 0 aliphatic heterocycles. The van der Waals surface area contributed by atoms with Crippen molar-refractivity contribution in [1.82, 2.24) is 0 Å². The van der Waals surface area contributed by atoms with Crippen LogP contribution in [0.3, 0.4) is 0 Å². The zero-order chi connectivity index (χ0) is 36.9. The summed E-state index contributed by atoms with van der Waals surface area (Å²) in [5, 5.41) is 0. The molecule has 0 spiro atoms. The number of carbonyl (C=O) groups is 2. The summed E-state index contributed by atoms with van der Waals surface area (Å²) in [7, 11) is 0. The summed E-state index contributed by atoms with van der Waals surface area (Å²) in [4.78, 5) is 26.1. The quantitative estimate of drug-likeness (QED) is 0.211. The third-order valence-electron chi connectivity index (χ3n) is 9.23. The Kier molecular flexibility index (Phi) is 15.8. The fourth-order valence-electron chi connectivity index (χ4n) is 6.44. The molecule has 0 rings (SSSR count). The van der Waals surface area contributed by atoms with E-state index in [4.69, 9.17) is 9.47 Å². The van der Waals surface area contributed by atoms with Crippen molar-refractivity contribution >= 4 is 11.9 Å². The van der Waals surface area contributed by atoms with Crippen LogP contribution in [0.5, 0.6) is 0 Å². The van der Waals surface area contributed by atoms with Gasteiger partial charge in [0, 0.05) is 0 Å². The highest BCUT2D eigenvalue weighted by Crippen LogP contribution is 2.49. The van der Waals surface area contributed by atoms with Gasteiger partial charge in [-0.1, -0.05) is 124 Å². The molecular formula is C41H82O4. The van der Waals surface area contributed by atoms with Crippen LogP contribution >= 0.6 is 0 Å². The zero-order valence-electron chi connectivity index (χ0n) is 35.0. The molecule has 4 heteroatoms. The van der Waals surface area contributed by atoms with Crippen LogP contribution in [-0.2, 0) is 19.1 Å². The summed E-state index contributed by atoms with van der Waals surface area (Å²) < 4.78 is 12.0. The third-order valence-corrected chi connectivity index (χ3v) is 9.23. The summed E-state index contributed by atoms with van der Waals surface area (Å²) >= 11 is 0. The molecule has 0 aromatic carbocycles. The minimum Gasteiger partial charge on any atom is -0.459 e. The Labute approximate surface area is 283 Å². The van der Waals surface area contributed by atoms with Gasteiger partial charge in [0.1, 0.15) is 11.2 Å². The molecule has 0 saturated heterocycles. The van der Waals surface area contributed by atoms with Gasteiger partial charge in [-0.3, -0.25) is 9.59 Å². The van der Waals surface area contributed by atoms with Crippen LogP contribution in [0, 0.1) is 43.8 Å². The molecule has 0 radical (unpaired) electrons. The van der Waals surface area contributed by atoms with Gasteiger partial charge in [-0.25, -0.2) is 0 Å². The smallest absolute Gasteiger partial charge is 0.312 e. The molecule has 0 heterocycles. The molecule has 0 aromatic heterocycles. The third kappa shape index (κ3) is 17.6. The highest BCUT2D eigenvalue weighted by Gasteiger charge is 2.50. The van der Waals surface area contributed by atoms with Crippen molar-refractivity contribution in [3.8, 4) is 0 Å². The normalized spacial score (nSPS) is 16.7. The number of hydrogen-bond acceptors (Lipinski definition) is 4. The first-order valence-electron chi connectivity index (χ1n) is 17.8. The molecule has 0 bridgehead atoms. The average molecular weight is 639 g/mol. The maximum absolute atomic E-state index is 13.1. The monoisotopic (exact) mass is 639 g/mol. The van der Waals surface area contributed by atoms with Crippen LogP contribution in [0.4, 0.5) is 0 Å². The van der Waals surface area contributed by atoms with E-state index in [1.165, 1.54) is 6.42 Å². The minimum absolute atomic E-state index is 0.0468. The van der Waals surface area contributed by atoms with Crippen molar-refractivity contribution in [2.75, 3.05) is 0 Å². The molecule has 0 saturated carbocycles. The molecule has 0 aromatic rings. The van der Waals surface area contributed by atoms with E-state index in [2.05, 4.69) is 132 Å². The van der Waals surface area contributed by atoms with Crippen molar-refractivity contribution in [3.63, 3.8) is 0 Å². The Morgan fingerprint density at radius 1 is 0.467 bits per heavy atom. The molecule has 45 heavy (non-hydrogen) atoms. The standard InChI is InChI=1S/C21H42O2.C20H40O2/c1-16(2)13-12-14-20(9,10)23-17(22)21(11,19(6,7)8)15-18(3,4)5;1-16(2,3)13-19(10,11)22-15(21)20(12,18(7,8)9)14-17(4,5)6/h16H,12-15H2,1-11H3;13-14H2,1-12H3. The number of esters is 2. The van der Waals surface area contributed by atoms with Gasteiger partial charge >= 0.3 is 11.9 Å². The van der Waals surface area contributed by atoms with Gasteiger partial charge in [0.05, 0.1) is 10.8 Å². The van der Waals surface area contributed by atoms with Crippen LogP contribution in [0.15, 0.2) is 0 Å². The molecule has 0 aliphatic rings. The molecular weight excluding hydrogens is 556 g/mol. The average Bonchev–Trinajstić information content (AvgIpc) is 2.66. The Hall–Kier alpha value is -1.06. The summed E-state index contributed by atoms with van der Waals surface area (Å²) in [6.45, 7) is 49.3. The predicted octanol–water partition coefficient (Wildman–Crippen LogP) is 12.9. The molecule has 0 fully saturated rings.